The Morgan fingerprint density at radius 2 is 1.83 bits per heavy atom. The number of aliphatic carboxylic acids is 1. The summed E-state index contributed by atoms with van der Waals surface area (Å²) in [6.07, 6.45) is 2.37. The van der Waals surface area contributed by atoms with Crippen LogP contribution in [0.15, 0.2) is 18.2 Å². The summed E-state index contributed by atoms with van der Waals surface area (Å²) in [5.41, 5.74) is 0.792. The van der Waals surface area contributed by atoms with Gasteiger partial charge in [0.25, 0.3) is 5.91 Å². The van der Waals surface area contributed by atoms with E-state index in [1.807, 2.05) is 0 Å². The molecule has 1 aromatic rings. The Morgan fingerprint density at radius 1 is 1.17 bits per heavy atom. The zero-order valence-corrected chi connectivity index (χ0v) is 13.5. The third kappa shape index (κ3) is 4.69. The molecular weight excluding hydrogens is 320 g/mol. The minimum Gasteiger partial charge on any atom is -0.481 e. The lowest BCUT2D eigenvalue weighted by Crippen LogP contribution is -2.38. The highest BCUT2D eigenvalue weighted by atomic mass is 35.5. The fourth-order valence-electron chi connectivity index (χ4n) is 2.73. The Labute approximate surface area is 139 Å². The first-order chi connectivity index (χ1) is 10.9. The first-order valence-electron chi connectivity index (χ1n) is 7.47. The normalized spacial score (nSPS) is 20.6. The van der Waals surface area contributed by atoms with Gasteiger partial charge in [-0.15, -0.1) is 0 Å². The minimum absolute atomic E-state index is 0.0569. The van der Waals surface area contributed by atoms with Gasteiger partial charge >= 0.3 is 5.97 Å². The maximum absolute atomic E-state index is 12.4. The van der Waals surface area contributed by atoms with Gasteiger partial charge in [-0.1, -0.05) is 11.6 Å². The average Bonchev–Trinajstić information content (AvgIpc) is 2.49. The summed E-state index contributed by atoms with van der Waals surface area (Å²) in [4.78, 5) is 34.4. The molecule has 1 aliphatic carbocycles. The van der Waals surface area contributed by atoms with Crippen LogP contribution in [0.2, 0.25) is 5.02 Å². The third-order valence-corrected chi connectivity index (χ3v) is 4.27. The molecule has 2 amide bonds. The number of nitrogens with one attached hydrogen (secondary N) is 2. The van der Waals surface area contributed by atoms with E-state index in [1.165, 1.54) is 13.0 Å². The van der Waals surface area contributed by atoms with Crippen LogP contribution < -0.4 is 10.6 Å². The van der Waals surface area contributed by atoms with Crippen molar-refractivity contribution in [2.75, 3.05) is 5.32 Å². The number of carbonyl (C=O) groups is 3. The van der Waals surface area contributed by atoms with E-state index in [0.29, 0.717) is 42.0 Å². The number of carbonyl (C=O) groups excluding carboxylic acids is 2. The molecule has 23 heavy (non-hydrogen) atoms. The second-order valence-corrected chi connectivity index (χ2v) is 6.14. The number of halogens is 1. The van der Waals surface area contributed by atoms with E-state index >= 15 is 0 Å². The van der Waals surface area contributed by atoms with E-state index in [2.05, 4.69) is 10.6 Å². The smallest absolute Gasteiger partial charge is 0.306 e. The largest absolute Gasteiger partial charge is 0.481 e. The highest BCUT2D eigenvalue weighted by molar-refractivity contribution is 6.34. The zero-order chi connectivity index (χ0) is 17.0. The summed E-state index contributed by atoms with van der Waals surface area (Å²) in [5, 5.41) is 14.8. The second kappa shape index (κ2) is 7.46. The topological polar surface area (TPSA) is 95.5 Å². The van der Waals surface area contributed by atoms with Crippen LogP contribution in [0.3, 0.4) is 0 Å². The molecule has 1 aliphatic rings. The van der Waals surface area contributed by atoms with Crippen molar-refractivity contribution < 1.29 is 19.5 Å². The lowest BCUT2D eigenvalue weighted by molar-refractivity contribution is -0.142. The zero-order valence-electron chi connectivity index (χ0n) is 12.8. The molecular formula is C16H19ClN2O4. The van der Waals surface area contributed by atoms with Crippen molar-refractivity contribution in [1.82, 2.24) is 5.32 Å². The summed E-state index contributed by atoms with van der Waals surface area (Å²) < 4.78 is 0. The van der Waals surface area contributed by atoms with Crippen LogP contribution in [0.4, 0.5) is 5.69 Å². The third-order valence-electron chi connectivity index (χ3n) is 3.94. The molecule has 0 heterocycles. The summed E-state index contributed by atoms with van der Waals surface area (Å²) in [7, 11) is 0. The Morgan fingerprint density at radius 3 is 2.39 bits per heavy atom. The quantitative estimate of drug-likeness (QED) is 0.786. The van der Waals surface area contributed by atoms with Crippen LogP contribution in [-0.4, -0.2) is 28.9 Å². The van der Waals surface area contributed by atoms with Crippen LogP contribution >= 0.6 is 11.6 Å². The second-order valence-electron chi connectivity index (χ2n) is 5.74. The number of anilines is 1. The monoisotopic (exact) mass is 338 g/mol. The number of hydrogen-bond acceptors (Lipinski definition) is 3. The van der Waals surface area contributed by atoms with Gasteiger partial charge in [-0.2, -0.15) is 0 Å². The van der Waals surface area contributed by atoms with E-state index in [1.54, 1.807) is 12.1 Å². The number of carboxylic acid groups (broad SMARTS) is 1. The molecule has 0 radical (unpaired) electrons. The molecule has 0 spiro atoms. The molecule has 1 aromatic carbocycles. The fourth-order valence-corrected chi connectivity index (χ4v) is 2.93. The van der Waals surface area contributed by atoms with Gasteiger partial charge in [0.2, 0.25) is 5.91 Å². The van der Waals surface area contributed by atoms with E-state index in [-0.39, 0.29) is 23.8 Å². The Kier molecular flexibility index (Phi) is 5.60. The number of rotatable bonds is 4. The van der Waals surface area contributed by atoms with E-state index in [4.69, 9.17) is 16.7 Å². The van der Waals surface area contributed by atoms with Gasteiger partial charge < -0.3 is 15.7 Å². The highest BCUT2D eigenvalue weighted by Crippen LogP contribution is 2.26. The minimum atomic E-state index is -0.777. The van der Waals surface area contributed by atoms with Crippen LogP contribution in [0, 0.1) is 5.92 Å². The molecule has 0 bridgehead atoms. The molecule has 2 rings (SSSR count). The lowest BCUT2D eigenvalue weighted by atomic mass is 9.86. The Hall–Kier alpha value is -2.08. The van der Waals surface area contributed by atoms with E-state index in [9.17, 15) is 14.4 Å². The van der Waals surface area contributed by atoms with Crippen molar-refractivity contribution >= 4 is 35.1 Å². The molecule has 0 aliphatic heterocycles. The molecule has 6 nitrogen and oxygen atoms in total. The summed E-state index contributed by atoms with van der Waals surface area (Å²) in [6, 6.07) is 4.66. The fraction of sp³-hybridized carbons (Fsp3) is 0.438. The van der Waals surface area contributed by atoms with Gasteiger partial charge in [-0.3, -0.25) is 14.4 Å². The molecule has 0 atom stereocenters. The van der Waals surface area contributed by atoms with Crippen LogP contribution in [0.25, 0.3) is 0 Å². The summed E-state index contributed by atoms with van der Waals surface area (Å²) >= 11 is 6.06. The van der Waals surface area contributed by atoms with Crippen LogP contribution in [-0.2, 0) is 9.59 Å². The van der Waals surface area contributed by atoms with Gasteiger partial charge in [-0.25, -0.2) is 0 Å². The van der Waals surface area contributed by atoms with E-state index < -0.39 is 5.97 Å². The van der Waals surface area contributed by atoms with Crippen molar-refractivity contribution in [1.29, 1.82) is 0 Å². The highest BCUT2D eigenvalue weighted by Gasteiger charge is 2.27. The van der Waals surface area contributed by atoms with Gasteiger partial charge in [-0.05, 0) is 43.9 Å². The standard InChI is InChI=1S/C16H19ClN2O4/c1-9(20)18-12-6-7-14(17)13(8-12)15(21)19-11-4-2-10(3-5-11)16(22)23/h6-8,10-11H,2-5H2,1H3,(H,18,20)(H,19,21)(H,22,23). The predicted octanol–water partition coefficient (Wildman–Crippen LogP) is 2.67. The van der Waals surface area contributed by atoms with Crippen molar-refractivity contribution in [3.05, 3.63) is 28.8 Å². The van der Waals surface area contributed by atoms with E-state index in [0.717, 1.165) is 0 Å². The molecule has 0 aromatic heterocycles. The first kappa shape index (κ1) is 17.3. The number of hydrogen-bond donors (Lipinski definition) is 3. The summed E-state index contributed by atoms with van der Waals surface area (Å²) in [6.45, 7) is 1.38. The van der Waals surface area contributed by atoms with Crippen LogP contribution in [0.5, 0.6) is 0 Å². The predicted molar refractivity (Wildman–Crippen MR) is 86.6 cm³/mol. The average molecular weight is 339 g/mol. The number of amides is 2. The van der Waals surface area contributed by atoms with Gasteiger partial charge in [0.05, 0.1) is 16.5 Å². The molecule has 7 heteroatoms. The van der Waals surface area contributed by atoms with Gasteiger partial charge in [0.1, 0.15) is 0 Å². The maximum atomic E-state index is 12.4. The number of carboxylic acids is 1. The molecule has 0 unspecified atom stereocenters. The van der Waals surface area contributed by atoms with Crippen molar-refractivity contribution in [3.63, 3.8) is 0 Å². The van der Waals surface area contributed by atoms with Crippen molar-refractivity contribution in [2.45, 2.75) is 38.6 Å². The lowest BCUT2D eigenvalue weighted by Gasteiger charge is -2.27. The first-order valence-corrected chi connectivity index (χ1v) is 7.85. The number of benzene rings is 1. The molecule has 124 valence electrons. The SMILES string of the molecule is CC(=O)Nc1ccc(Cl)c(C(=O)NC2CCC(C(=O)O)CC2)c1. The Balaban J connectivity index is 2.01. The molecule has 1 saturated carbocycles. The molecule has 3 N–H and O–H groups in total. The van der Waals surface area contributed by atoms with Crippen LogP contribution in [0.1, 0.15) is 43.0 Å². The van der Waals surface area contributed by atoms with Gasteiger partial charge in [0, 0.05) is 18.7 Å². The van der Waals surface area contributed by atoms with Crippen molar-refractivity contribution in [3.8, 4) is 0 Å². The van der Waals surface area contributed by atoms with Gasteiger partial charge in [0.15, 0.2) is 0 Å². The molecule has 0 saturated heterocycles. The molecule has 1 fully saturated rings. The maximum Gasteiger partial charge on any atom is 0.306 e. The summed E-state index contributed by atoms with van der Waals surface area (Å²) in [5.74, 6) is -1.65. The Bertz CT molecular complexity index is 625. The van der Waals surface area contributed by atoms with Crippen molar-refractivity contribution in [2.24, 2.45) is 5.92 Å².